The highest BCUT2D eigenvalue weighted by Gasteiger charge is 2.28. The first-order valence-corrected chi connectivity index (χ1v) is 9.23. The van der Waals surface area contributed by atoms with Crippen LogP contribution in [0.25, 0.3) is 0 Å². The summed E-state index contributed by atoms with van der Waals surface area (Å²) < 4.78 is 37.4. The molecule has 0 fully saturated rings. The van der Waals surface area contributed by atoms with E-state index in [0.29, 0.717) is 25.3 Å². The zero-order valence-electron chi connectivity index (χ0n) is 14.5. The predicted molar refractivity (Wildman–Crippen MR) is 91.4 cm³/mol. The van der Waals surface area contributed by atoms with Crippen molar-refractivity contribution in [2.75, 3.05) is 27.4 Å². The average molecular weight is 358 g/mol. The molecule has 0 bridgehead atoms. The van der Waals surface area contributed by atoms with Gasteiger partial charge in [-0.3, -0.25) is 4.79 Å². The molecule has 8 heteroatoms. The quantitative estimate of drug-likeness (QED) is 0.612. The van der Waals surface area contributed by atoms with Crippen LogP contribution in [0.15, 0.2) is 29.2 Å². The number of benzene rings is 1. The Morgan fingerprint density at radius 2 is 1.79 bits per heavy atom. The Morgan fingerprint density at radius 1 is 1.17 bits per heavy atom. The third-order valence-corrected chi connectivity index (χ3v) is 4.88. The van der Waals surface area contributed by atoms with Crippen LogP contribution in [-0.4, -0.2) is 47.7 Å². The van der Waals surface area contributed by atoms with Gasteiger partial charge in [-0.25, -0.2) is 8.42 Å². The average Bonchev–Trinajstić information content (AvgIpc) is 2.56. The number of methoxy groups -OCH3 is 2. The molecule has 0 aliphatic carbocycles. The van der Waals surface area contributed by atoms with Gasteiger partial charge in [-0.15, -0.1) is 0 Å². The van der Waals surface area contributed by atoms with Crippen molar-refractivity contribution in [1.29, 1.82) is 0 Å². The molecule has 0 aromatic heterocycles. The Balaban J connectivity index is 2.80. The number of carbonyl (C=O) groups excluding carboxylic acids is 1. The number of nitrogens with one attached hydrogen (secondary N) is 2. The lowest BCUT2D eigenvalue weighted by Gasteiger charge is -2.21. The van der Waals surface area contributed by atoms with Gasteiger partial charge in [0.2, 0.25) is 15.9 Å². The van der Waals surface area contributed by atoms with Gasteiger partial charge in [0.25, 0.3) is 0 Å². The number of ether oxygens (including phenoxy) is 2. The Hall–Kier alpha value is -1.64. The molecule has 0 unspecified atom stereocenters. The van der Waals surface area contributed by atoms with Crippen LogP contribution in [0.5, 0.6) is 5.75 Å². The fourth-order valence-electron chi connectivity index (χ4n) is 2.02. The second kappa shape index (κ2) is 9.61. The molecule has 1 rings (SSSR count). The highest BCUT2D eigenvalue weighted by Crippen LogP contribution is 2.16. The van der Waals surface area contributed by atoms with Crippen molar-refractivity contribution in [3.05, 3.63) is 24.3 Å². The Labute approximate surface area is 143 Å². The first-order valence-electron chi connectivity index (χ1n) is 7.75. The minimum absolute atomic E-state index is 0.0844. The zero-order valence-corrected chi connectivity index (χ0v) is 15.4. The first kappa shape index (κ1) is 20.4. The van der Waals surface area contributed by atoms with E-state index in [2.05, 4.69) is 10.0 Å². The Morgan fingerprint density at radius 3 is 2.29 bits per heavy atom. The van der Waals surface area contributed by atoms with E-state index in [1.807, 2.05) is 0 Å². The second-order valence-electron chi connectivity index (χ2n) is 5.66. The summed E-state index contributed by atoms with van der Waals surface area (Å²) in [7, 11) is -0.711. The SMILES string of the molecule is COCCCNC(=O)[C@@H](NS(=O)(=O)c1ccc(OC)cc1)C(C)C. The molecule has 0 heterocycles. The molecule has 0 aliphatic rings. The van der Waals surface area contributed by atoms with Gasteiger partial charge in [0.15, 0.2) is 0 Å². The van der Waals surface area contributed by atoms with Gasteiger partial charge in [0, 0.05) is 20.3 Å². The van der Waals surface area contributed by atoms with E-state index in [9.17, 15) is 13.2 Å². The second-order valence-corrected chi connectivity index (χ2v) is 7.37. The monoisotopic (exact) mass is 358 g/mol. The molecule has 0 saturated heterocycles. The normalized spacial score (nSPS) is 12.9. The molecule has 0 saturated carbocycles. The summed E-state index contributed by atoms with van der Waals surface area (Å²) in [5, 5.41) is 2.73. The van der Waals surface area contributed by atoms with Gasteiger partial charge < -0.3 is 14.8 Å². The summed E-state index contributed by atoms with van der Waals surface area (Å²) in [5.74, 6) is 0.0175. The molecule has 0 aliphatic heterocycles. The van der Waals surface area contributed by atoms with Gasteiger partial charge in [0.1, 0.15) is 11.8 Å². The third kappa shape index (κ3) is 6.10. The lowest BCUT2D eigenvalue weighted by Crippen LogP contribution is -2.49. The van der Waals surface area contributed by atoms with Crippen LogP contribution < -0.4 is 14.8 Å². The summed E-state index contributed by atoms with van der Waals surface area (Å²) in [4.78, 5) is 12.3. The van der Waals surface area contributed by atoms with Crippen LogP contribution in [0.4, 0.5) is 0 Å². The van der Waals surface area contributed by atoms with Crippen molar-refractivity contribution in [3.63, 3.8) is 0 Å². The summed E-state index contributed by atoms with van der Waals surface area (Å²) >= 11 is 0. The number of hydrogen-bond acceptors (Lipinski definition) is 5. The van der Waals surface area contributed by atoms with Crippen LogP contribution >= 0.6 is 0 Å². The summed E-state index contributed by atoms with van der Waals surface area (Å²) in [6.07, 6.45) is 0.665. The molecule has 2 N–H and O–H groups in total. The number of sulfonamides is 1. The van der Waals surface area contributed by atoms with E-state index in [0.717, 1.165) is 0 Å². The maximum absolute atomic E-state index is 12.5. The van der Waals surface area contributed by atoms with Crippen LogP contribution in [0.2, 0.25) is 0 Å². The van der Waals surface area contributed by atoms with Gasteiger partial charge >= 0.3 is 0 Å². The minimum Gasteiger partial charge on any atom is -0.497 e. The maximum atomic E-state index is 12.5. The topological polar surface area (TPSA) is 93.7 Å². The van der Waals surface area contributed by atoms with Crippen molar-refractivity contribution in [1.82, 2.24) is 10.0 Å². The van der Waals surface area contributed by atoms with Crippen molar-refractivity contribution in [3.8, 4) is 5.75 Å². The minimum atomic E-state index is -3.80. The number of carbonyl (C=O) groups is 1. The molecule has 0 spiro atoms. The van der Waals surface area contributed by atoms with E-state index < -0.39 is 16.1 Å². The fourth-order valence-corrected chi connectivity index (χ4v) is 3.36. The van der Waals surface area contributed by atoms with Crippen molar-refractivity contribution in [2.24, 2.45) is 5.92 Å². The van der Waals surface area contributed by atoms with Crippen LogP contribution in [0, 0.1) is 5.92 Å². The van der Waals surface area contributed by atoms with E-state index in [1.54, 1.807) is 33.1 Å². The third-order valence-electron chi connectivity index (χ3n) is 3.43. The van der Waals surface area contributed by atoms with Crippen molar-refractivity contribution >= 4 is 15.9 Å². The molecule has 1 aromatic rings. The van der Waals surface area contributed by atoms with Gasteiger partial charge in [-0.2, -0.15) is 4.72 Å². The maximum Gasteiger partial charge on any atom is 0.241 e. The predicted octanol–water partition coefficient (Wildman–Crippen LogP) is 1.15. The lowest BCUT2D eigenvalue weighted by atomic mass is 10.1. The molecule has 24 heavy (non-hydrogen) atoms. The Kier molecular flexibility index (Phi) is 8.17. The molecule has 1 aromatic carbocycles. The van der Waals surface area contributed by atoms with E-state index >= 15 is 0 Å². The fraction of sp³-hybridized carbons (Fsp3) is 0.562. The van der Waals surface area contributed by atoms with E-state index in [4.69, 9.17) is 9.47 Å². The van der Waals surface area contributed by atoms with Crippen molar-refractivity contribution < 1.29 is 22.7 Å². The van der Waals surface area contributed by atoms with E-state index in [-0.39, 0.29) is 16.7 Å². The molecule has 1 amide bonds. The summed E-state index contributed by atoms with van der Waals surface area (Å²) in [5.41, 5.74) is 0. The van der Waals surface area contributed by atoms with Gasteiger partial charge in [-0.1, -0.05) is 13.8 Å². The highest BCUT2D eigenvalue weighted by molar-refractivity contribution is 7.89. The lowest BCUT2D eigenvalue weighted by molar-refractivity contribution is -0.123. The number of amides is 1. The largest absolute Gasteiger partial charge is 0.497 e. The number of hydrogen-bond donors (Lipinski definition) is 2. The molecule has 1 atom stereocenters. The molecule has 0 radical (unpaired) electrons. The molecular weight excluding hydrogens is 332 g/mol. The molecule has 7 nitrogen and oxygen atoms in total. The molecule has 136 valence electrons. The van der Waals surface area contributed by atoms with Gasteiger partial charge in [-0.05, 0) is 36.6 Å². The summed E-state index contributed by atoms with van der Waals surface area (Å²) in [6.45, 7) is 4.54. The number of rotatable bonds is 10. The van der Waals surface area contributed by atoms with Gasteiger partial charge in [0.05, 0.1) is 12.0 Å². The van der Waals surface area contributed by atoms with Crippen molar-refractivity contribution in [2.45, 2.75) is 31.2 Å². The highest BCUT2D eigenvalue weighted by atomic mass is 32.2. The molecular formula is C16H26N2O5S. The van der Waals surface area contributed by atoms with Crippen LogP contribution in [-0.2, 0) is 19.6 Å². The first-order chi connectivity index (χ1) is 11.3. The standard InChI is InChI=1S/C16H26N2O5S/c1-12(2)15(16(19)17-10-5-11-22-3)18-24(20,21)14-8-6-13(23-4)7-9-14/h6-9,12,15,18H,5,10-11H2,1-4H3,(H,17,19)/t15-/m0/s1. The Bertz CT molecular complexity index is 614. The van der Waals surface area contributed by atoms with Crippen LogP contribution in [0.3, 0.4) is 0 Å². The zero-order chi connectivity index (χ0) is 18.2. The summed E-state index contributed by atoms with van der Waals surface area (Å²) in [6, 6.07) is 5.15. The smallest absolute Gasteiger partial charge is 0.241 e. The van der Waals surface area contributed by atoms with E-state index in [1.165, 1.54) is 19.2 Å². The van der Waals surface area contributed by atoms with Crippen LogP contribution in [0.1, 0.15) is 20.3 Å².